The molecule has 3 heterocycles. The van der Waals surface area contributed by atoms with Crippen molar-refractivity contribution in [3.63, 3.8) is 0 Å². The van der Waals surface area contributed by atoms with Gasteiger partial charge in [0, 0.05) is 36.7 Å². The smallest absolute Gasteiger partial charge is 0.258 e. The van der Waals surface area contributed by atoms with E-state index in [0.717, 1.165) is 5.56 Å². The first-order valence-corrected chi connectivity index (χ1v) is 11.5. The second kappa shape index (κ2) is 10.00. The lowest BCUT2D eigenvalue weighted by atomic mass is 9.92. The molecule has 1 saturated heterocycles. The van der Waals surface area contributed by atoms with E-state index in [0.29, 0.717) is 44.0 Å². The molecule has 0 bridgehead atoms. The van der Waals surface area contributed by atoms with E-state index >= 15 is 0 Å². The van der Waals surface area contributed by atoms with Gasteiger partial charge in [-0.1, -0.05) is 6.58 Å². The van der Waals surface area contributed by atoms with Crippen molar-refractivity contribution in [2.24, 2.45) is 11.7 Å². The van der Waals surface area contributed by atoms with Gasteiger partial charge in [0.1, 0.15) is 11.6 Å². The van der Waals surface area contributed by atoms with Crippen LogP contribution < -0.4 is 26.8 Å². The van der Waals surface area contributed by atoms with Gasteiger partial charge in [-0.3, -0.25) is 24.2 Å². The van der Waals surface area contributed by atoms with Gasteiger partial charge in [0.2, 0.25) is 23.7 Å². The zero-order chi connectivity index (χ0) is 25.1. The zero-order valence-electron chi connectivity index (χ0n) is 19.4. The van der Waals surface area contributed by atoms with E-state index < -0.39 is 23.3 Å². The third-order valence-corrected chi connectivity index (χ3v) is 6.24. The quantitative estimate of drug-likeness (QED) is 0.437. The third kappa shape index (κ3) is 5.18. The van der Waals surface area contributed by atoms with Gasteiger partial charge in [0.25, 0.3) is 5.56 Å². The van der Waals surface area contributed by atoms with Crippen molar-refractivity contribution >= 4 is 40.9 Å². The summed E-state index contributed by atoms with van der Waals surface area (Å²) < 4.78 is 5.38. The van der Waals surface area contributed by atoms with Gasteiger partial charge in [-0.15, -0.1) is 0 Å². The third-order valence-electron chi connectivity index (χ3n) is 6.24. The van der Waals surface area contributed by atoms with Crippen molar-refractivity contribution in [3.8, 4) is 0 Å². The Morgan fingerprint density at radius 2 is 1.91 bits per heavy atom. The SMILES string of the molecule is C=C(OCC)c1ccc(NC(=O)C2CC(=O)Nc3nc(N4CCC(C(N)=O)CC4)[nH]c(=O)c32)cc1. The van der Waals surface area contributed by atoms with Gasteiger partial charge < -0.3 is 26.0 Å². The fraction of sp³-hybridized carbons (Fsp3) is 0.375. The Labute approximate surface area is 201 Å². The van der Waals surface area contributed by atoms with E-state index in [2.05, 4.69) is 27.2 Å². The van der Waals surface area contributed by atoms with E-state index in [1.807, 2.05) is 11.8 Å². The van der Waals surface area contributed by atoms with Gasteiger partial charge >= 0.3 is 0 Å². The molecule has 0 spiro atoms. The minimum Gasteiger partial charge on any atom is -0.494 e. The van der Waals surface area contributed by atoms with Crippen LogP contribution in [0.1, 0.15) is 43.2 Å². The molecule has 1 aromatic carbocycles. The molecule has 4 rings (SSSR count). The fourth-order valence-corrected chi connectivity index (χ4v) is 4.34. The average molecular weight is 481 g/mol. The van der Waals surface area contributed by atoms with Crippen LogP contribution in [0.5, 0.6) is 0 Å². The number of anilines is 3. The van der Waals surface area contributed by atoms with E-state index in [1.165, 1.54) is 0 Å². The highest BCUT2D eigenvalue weighted by molar-refractivity contribution is 6.04. The first kappa shape index (κ1) is 24.0. The average Bonchev–Trinajstić information content (AvgIpc) is 2.83. The molecule has 184 valence electrons. The van der Waals surface area contributed by atoms with Crippen molar-refractivity contribution < 1.29 is 19.1 Å². The second-order valence-corrected chi connectivity index (χ2v) is 8.54. The number of amides is 3. The minimum absolute atomic E-state index is 0.0699. The molecule has 5 N–H and O–H groups in total. The summed E-state index contributed by atoms with van der Waals surface area (Å²) in [5, 5.41) is 5.38. The number of benzene rings is 1. The van der Waals surface area contributed by atoms with Gasteiger partial charge in [0.05, 0.1) is 18.1 Å². The van der Waals surface area contributed by atoms with Crippen LogP contribution >= 0.6 is 0 Å². The van der Waals surface area contributed by atoms with Gasteiger partial charge in [-0.05, 0) is 44.0 Å². The molecule has 35 heavy (non-hydrogen) atoms. The Morgan fingerprint density at radius 1 is 1.23 bits per heavy atom. The maximum absolute atomic E-state index is 13.1. The number of carbonyl (C=O) groups excluding carboxylic acids is 3. The molecule has 11 heteroatoms. The predicted molar refractivity (Wildman–Crippen MR) is 131 cm³/mol. The fourth-order valence-electron chi connectivity index (χ4n) is 4.34. The van der Waals surface area contributed by atoms with E-state index in [4.69, 9.17) is 10.5 Å². The van der Waals surface area contributed by atoms with Gasteiger partial charge in [-0.2, -0.15) is 4.98 Å². The lowest BCUT2D eigenvalue weighted by molar-refractivity contribution is -0.123. The number of nitrogens with one attached hydrogen (secondary N) is 3. The van der Waals surface area contributed by atoms with E-state index in [1.54, 1.807) is 24.3 Å². The number of aromatic amines is 1. The normalized spacial score (nSPS) is 17.8. The predicted octanol–water partition coefficient (Wildman–Crippen LogP) is 1.54. The van der Waals surface area contributed by atoms with E-state index in [9.17, 15) is 19.2 Å². The highest BCUT2D eigenvalue weighted by Gasteiger charge is 2.35. The van der Waals surface area contributed by atoms with Gasteiger partial charge in [-0.25, -0.2) is 0 Å². The zero-order valence-corrected chi connectivity index (χ0v) is 19.4. The number of aromatic nitrogens is 2. The summed E-state index contributed by atoms with van der Waals surface area (Å²) in [7, 11) is 0. The summed E-state index contributed by atoms with van der Waals surface area (Å²) in [6, 6.07) is 6.92. The van der Waals surface area contributed by atoms with Crippen molar-refractivity contribution in [2.75, 3.05) is 35.2 Å². The van der Waals surface area contributed by atoms with Crippen LogP contribution in [-0.4, -0.2) is 47.4 Å². The Bertz CT molecular complexity index is 1210. The highest BCUT2D eigenvalue weighted by Crippen LogP contribution is 2.31. The maximum Gasteiger partial charge on any atom is 0.258 e. The Balaban J connectivity index is 1.53. The molecule has 2 aromatic rings. The number of hydrogen-bond donors (Lipinski definition) is 4. The number of piperidine rings is 1. The topological polar surface area (TPSA) is 160 Å². The van der Waals surface area contributed by atoms with Crippen LogP contribution in [-0.2, 0) is 19.1 Å². The lowest BCUT2D eigenvalue weighted by Gasteiger charge is -2.32. The van der Waals surface area contributed by atoms with Crippen molar-refractivity contribution in [3.05, 3.63) is 52.3 Å². The van der Waals surface area contributed by atoms with Crippen LogP contribution in [0.25, 0.3) is 5.76 Å². The molecule has 1 atom stereocenters. The summed E-state index contributed by atoms with van der Waals surface area (Å²) in [4.78, 5) is 58.8. The van der Waals surface area contributed by atoms with Crippen LogP contribution in [0.3, 0.4) is 0 Å². The molecule has 1 fully saturated rings. The molecule has 0 saturated carbocycles. The first-order valence-electron chi connectivity index (χ1n) is 11.5. The molecule has 1 aromatic heterocycles. The van der Waals surface area contributed by atoms with Gasteiger partial charge in [0.15, 0.2) is 0 Å². The molecule has 0 aliphatic carbocycles. The van der Waals surface area contributed by atoms with E-state index in [-0.39, 0.29) is 35.6 Å². The molecule has 2 aliphatic heterocycles. The molecule has 1 unspecified atom stereocenters. The van der Waals surface area contributed by atoms with Crippen molar-refractivity contribution in [1.29, 1.82) is 0 Å². The number of hydrogen-bond acceptors (Lipinski definition) is 7. The van der Waals surface area contributed by atoms with Crippen LogP contribution in [0, 0.1) is 5.92 Å². The number of H-pyrrole nitrogens is 1. The van der Waals surface area contributed by atoms with Crippen LogP contribution in [0.15, 0.2) is 35.6 Å². The highest BCUT2D eigenvalue weighted by atomic mass is 16.5. The summed E-state index contributed by atoms with van der Waals surface area (Å²) in [5.74, 6) is -1.57. The summed E-state index contributed by atoms with van der Waals surface area (Å²) in [6.45, 7) is 7.18. The molecular weight excluding hydrogens is 452 g/mol. The van der Waals surface area contributed by atoms with Crippen molar-refractivity contribution in [1.82, 2.24) is 9.97 Å². The molecule has 2 aliphatic rings. The lowest BCUT2D eigenvalue weighted by Crippen LogP contribution is -2.41. The molecule has 11 nitrogen and oxygen atoms in total. The number of ether oxygens (including phenoxy) is 1. The largest absolute Gasteiger partial charge is 0.494 e. The Morgan fingerprint density at radius 3 is 2.54 bits per heavy atom. The second-order valence-electron chi connectivity index (χ2n) is 8.54. The molecule has 0 radical (unpaired) electrons. The summed E-state index contributed by atoms with van der Waals surface area (Å²) >= 11 is 0. The number of fused-ring (bicyclic) bond motifs is 1. The number of primary amides is 1. The summed E-state index contributed by atoms with van der Waals surface area (Å²) in [6.07, 6.45) is 0.917. The van der Waals surface area contributed by atoms with Crippen LogP contribution in [0.4, 0.5) is 17.5 Å². The Hall–Kier alpha value is -4.15. The maximum atomic E-state index is 13.1. The monoisotopic (exact) mass is 480 g/mol. The summed E-state index contributed by atoms with van der Waals surface area (Å²) in [5.41, 5.74) is 6.29. The van der Waals surface area contributed by atoms with Crippen molar-refractivity contribution in [2.45, 2.75) is 32.1 Å². The first-order chi connectivity index (χ1) is 16.8. The number of nitrogens with two attached hydrogens (primary N) is 1. The van der Waals surface area contributed by atoms with Crippen LogP contribution in [0.2, 0.25) is 0 Å². The number of carbonyl (C=O) groups is 3. The number of rotatable bonds is 7. The molecular formula is C24H28N6O5. The Kier molecular flexibility index (Phi) is 6.85. The standard InChI is InChI=1S/C24H28N6O5/c1-3-35-13(2)14-4-6-16(7-5-14)26-22(33)17-12-18(31)27-21-19(17)23(34)29-24(28-21)30-10-8-15(9-11-30)20(25)32/h4-7,15,17H,2-3,8-12H2,1H3,(H2,25,32)(H,26,33)(H2,27,28,29,31,34). The molecule has 3 amide bonds. The minimum atomic E-state index is -0.997. The number of nitrogens with zero attached hydrogens (tertiary/aromatic N) is 2.